The first-order chi connectivity index (χ1) is 8.41. The number of aromatic carboxylic acids is 1. The van der Waals surface area contributed by atoms with Gasteiger partial charge in [-0.3, -0.25) is 4.21 Å². The summed E-state index contributed by atoms with van der Waals surface area (Å²) in [6.45, 7) is 1.90. The van der Waals surface area contributed by atoms with Crippen molar-refractivity contribution in [3.05, 3.63) is 22.8 Å². The standard InChI is InChI=1S/C11H15ClN2O3S/c1-7(4-6-18(2)17)14-10-9(12)8(11(15)16)3-5-13-10/h3,5,7H,4,6H2,1-2H3,(H,13,14)(H,15,16). The zero-order valence-electron chi connectivity index (χ0n) is 10.1. The number of pyridine rings is 1. The highest BCUT2D eigenvalue weighted by Gasteiger charge is 2.14. The normalized spacial score (nSPS) is 13.9. The lowest BCUT2D eigenvalue weighted by Crippen LogP contribution is -2.19. The Morgan fingerprint density at radius 3 is 2.89 bits per heavy atom. The Balaban J connectivity index is 2.75. The topological polar surface area (TPSA) is 79.3 Å². The molecule has 7 heteroatoms. The van der Waals surface area contributed by atoms with Gasteiger partial charge < -0.3 is 10.4 Å². The van der Waals surface area contributed by atoms with Crippen molar-refractivity contribution >= 4 is 34.2 Å². The fourth-order valence-electron chi connectivity index (χ4n) is 1.36. The number of hydrogen-bond donors (Lipinski definition) is 2. The number of halogens is 1. The zero-order valence-corrected chi connectivity index (χ0v) is 11.7. The second-order valence-electron chi connectivity index (χ2n) is 3.94. The highest BCUT2D eigenvalue weighted by molar-refractivity contribution is 7.84. The maximum Gasteiger partial charge on any atom is 0.337 e. The minimum Gasteiger partial charge on any atom is -0.478 e. The number of nitrogens with one attached hydrogen (secondary N) is 1. The van der Waals surface area contributed by atoms with Gasteiger partial charge >= 0.3 is 5.97 Å². The van der Waals surface area contributed by atoms with Crippen molar-refractivity contribution in [1.82, 2.24) is 4.98 Å². The molecule has 0 aliphatic heterocycles. The number of hydrogen-bond acceptors (Lipinski definition) is 4. The van der Waals surface area contributed by atoms with Crippen LogP contribution in [0.1, 0.15) is 23.7 Å². The molecule has 0 saturated carbocycles. The van der Waals surface area contributed by atoms with Crippen molar-refractivity contribution in [2.24, 2.45) is 0 Å². The van der Waals surface area contributed by atoms with Gasteiger partial charge in [0.1, 0.15) is 5.82 Å². The average molecular weight is 291 g/mol. The summed E-state index contributed by atoms with van der Waals surface area (Å²) in [5.41, 5.74) is 0.0143. The Kier molecular flexibility index (Phi) is 5.55. The first kappa shape index (κ1) is 14.9. The van der Waals surface area contributed by atoms with E-state index in [2.05, 4.69) is 10.3 Å². The highest BCUT2D eigenvalue weighted by Crippen LogP contribution is 2.24. The molecule has 0 amide bonds. The first-order valence-electron chi connectivity index (χ1n) is 5.36. The van der Waals surface area contributed by atoms with Crippen LogP contribution in [0.3, 0.4) is 0 Å². The van der Waals surface area contributed by atoms with E-state index in [1.807, 2.05) is 6.92 Å². The van der Waals surface area contributed by atoms with E-state index in [1.54, 1.807) is 6.26 Å². The number of carbonyl (C=O) groups is 1. The molecule has 0 aromatic carbocycles. The molecule has 0 aliphatic rings. The van der Waals surface area contributed by atoms with Gasteiger partial charge in [-0.2, -0.15) is 0 Å². The van der Waals surface area contributed by atoms with Crippen molar-refractivity contribution in [3.8, 4) is 0 Å². The SMILES string of the molecule is CC(CCS(C)=O)Nc1nccc(C(=O)O)c1Cl. The van der Waals surface area contributed by atoms with Gasteiger partial charge in [-0.05, 0) is 19.4 Å². The van der Waals surface area contributed by atoms with Gasteiger partial charge in [0.25, 0.3) is 0 Å². The smallest absolute Gasteiger partial charge is 0.337 e. The number of carboxylic acids is 1. The predicted molar refractivity (Wildman–Crippen MR) is 72.8 cm³/mol. The summed E-state index contributed by atoms with van der Waals surface area (Å²) in [5, 5.41) is 12.0. The van der Waals surface area contributed by atoms with Gasteiger partial charge in [0.2, 0.25) is 0 Å². The van der Waals surface area contributed by atoms with Crippen LogP contribution in [0.5, 0.6) is 0 Å². The van der Waals surface area contributed by atoms with Gasteiger partial charge in [-0.15, -0.1) is 0 Å². The predicted octanol–water partition coefficient (Wildman–Crippen LogP) is 2.00. The molecule has 100 valence electrons. The number of rotatable bonds is 6. The molecule has 18 heavy (non-hydrogen) atoms. The van der Waals surface area contributed by atoms with Crippen molar-refractivity contribution in [2.45, 2.75) is 19.4 Å². The minimum atomic E-state index is -1.09. The third-order valence-electron chi connectivity index (χ3n) is 2.34. The third-order valence-corrected chi connectivity index (χ3v) is 3.53. The Hall–Kier alpha value is -1.14. The second-order valence-corrected chi connectivity index (χ2v) is 5.87. The molecule has 1 rings (SSSR count). The van der Waals surface area contributed by atoms with Crippen molar-refractivity contribution in [1.29, 1.82) is 0 Å². The van der Waals surface area contributed by atoms with Crippen LogP contribution in [0.2, 0.25) is 5.02 Å². The number of nitrogens with zero attached hydrogens (tertiary/aromatic N) is 1. The fourth-order valence-corrected chi connectivity index (χ4v) is 2.29. The van der Waals surface area contributed by atoms with Crippen LogP contribution >= 0.6 is 11.6 Å². The molecular formula is C11H15ClN2O3S. The molecule has 0 spiro atoms. The van der Waals surface area contributed by atoms with E-state index in [1.165, 1.54) is 12.3 Å². The lowest BCUT2D eigenvalue weighted by molar-refractivity contribution is 0.0697. The van der Waals surface area contributed by atoms with Gasteiger partial charge in [-0.1, -0.05) is 11.6 Å². The lowest BCUT2D eigenvalue weighted by atomic mass is 10.2. The minimum absolute atomic E-state index is 0.0143. The molecule has 1 aromatic rings. The van der Waals surface area contributed by atoms with Crippen molar-refractivity contribution < 1.29 is 14.1 Å². The van der Waals surface area contributed by atoms with Crippen molar-refractivity contribution in [3.63, 3.8) is 0 Å². The summed E-state index contributed by atoms with van der Waals surface area (Å²) >= 11 is 5.94. The molecule has 2 unspecified atom stereocenters. The van der Waals surface area contributed by atoms with E-state index in [4.69, 9.17) is 16.7 Å². The van der Waals surface area contributed by atoms with E-state index < -0.39 is 16.8 Å². The molecule has 0 bridgehead atoms. The highest BCUT2D eigenvalue weighted by atomic mass is 35.5. The maximum atomic E-state index is 11.0. The van der Waals surface area contributed by atoms with Crippen LogP contribution in [0.15, 0.2) is 12.3 Å². The van der Waals surface area contributed by atoms with Crippen LogP contribution in [0.25, 0.3) is 0 Å². The molecule has 0 fully saturated rings. The van der Waals surface area contributed by atoms with Crippen LogP contribution in [0.4, 0.5) is 5.82 Å². The van der Waals surface area contributed by atoms with E-state index >= 15 is 0 Å². The van der Waals surface area contributed by atoms with E-state index in [0.29, 0.717) is 18.0 Å². The molecular weight excluding hydrogens is 276 g/mol. The second kappa shape index (κ2) is 6.70. The van der Waals surface area contributed by atoms with Gasteiger partial charge in [-0.25, -0.2) is 9.78 Å². The van der Waals surface area contributed by atoms with Gasteiger partial charge in [0, 0.05) is 35.0 Å². The fraction of sp³-hybridized carbons (Fsp3) is 0.455. The monoisotopic (exact) mass is 290 g/mol. The summed E-state index contributed by atoms with van der Waals surface area (Å²) in [6, 6.07) is 1.37. The molecule has 0 radical (unpaired) electrons. The molecule has 1 aromatic heterocycles. The molecule has 2 atom stereocenters. The zero-order chi connectivity index (χ0) is 13.7. The van der Waals surface area contributed by atoms with Crippen LogP contribution in [-0.4, -0.2) is 38.3 Å². The van der Waals surface area contributed by atoms with E-state index in [-0.39, 0.29) is 16.6 Å². The Labute approximate surface area is 113 Å². The van der Waals surface area contributed by atoms with Gasteiger partial charge in [0.15, 0.2) is 0 Å². The lowest BCUT2D eigenvalue weighted by Gasteiger charge is -2.15. The molecule has 5 nitrogen and oxygen atoms in total. The van der Waals surface area contributed by atoms with Crippen LogP contribution in [0, 0.1) is 0 Å². The third kappa shape index (κ3) is 4.27. The summed E-state index contributed by atoms with van der Waals surface area (Å²) < 4.78 is 11.0. The van der Waals surface area contributed by atoms with Crippen LogP contribution < -0.4 is 5.32 Å². The van der Waals surface area contributed by atoms with E-state index in [0.717, 1.165) is 0 Å². The maximum absolute atomic E-state index is 11.0. The first-order valence-corrected chi connectivity index (χ1v) is 7.46. The van der Waals surface area contributed by atoms with Gasteiger partial charge in [0.05, 0.1) is 10.6 Å². The summed E-state index contributed by atoms with van der Waals surface area (Å²) in [4.78, 5) is 14.9. The number of aromatic nitrogens is 1. The Morgan fingerprint density at radius 1 is 1.67 bits per heavy atom. The molecule has 0 saturated heterocycles. The quantitative estimate of drug-likeness (QED) is 0.838. The molecule has 0 aliphatic carbocycles. The molecule has 1 heterocycles. The van der Waals surface area contributed by atoms with Crippen molar-refractivity contribution in [2.75, 3.05) is 17.3 Å². The Bertz CT molecular complexity index is 468. The summed E-state index contributed by atoms with van der Waals surface area (Å²) in [7, 11) is -0.849. The summed E-state index contributed by atoms with van der Waals surface area (Å²) in [5.74, 6) is -0.177. The largest absolute Gasteiger partial charge is 0.478 e. The average Bonchev–Trinajstić information content (AvgIpc) is 2.29. The summed E-state index contributed by atoms with van der Waals surface area (Å²) in [6.07, 6.45) is 3.73. The number of carboxylic acid groups (broad SMARTS) is 1. The van der Waals surface area contributed by atoms with E-state index in [9.17, 15) is 9.00 Å². The Morgan fingerprint density at radius 2 is 2.33 bits per heavy atom. The number of anilines is 1. The van der Waals surface area contributed by atoms with Crippen LogP contribution in [-0.2, 0) is 10.8 Å². The molecule has 2 N–H and O–H groups in total.